The van der Waals surface area contributed by atoms with Crippen molar-refractivity contribution in [3.63, 3.8) is 0 Å². The molecule has 2 aliphatic rings. The number of aliphatic hydroxyl groups is 1. The number of aliphatic hydroxyl groups excluding tert-OH is 1. The van der Waals surface area contributed by atoms with Crippen LogP contribution in [0.2, 0.25) is 0 Å². The van der Waals surface area contributed by atoms with Crippen LogP contribution in [0, 0.1) is 0 Å². The van der Waals surface area contributed by atoms with Gasteiger partial charge >= 0.3 is 0 Å². The van der Waals surface area contributed by atoms with Crippen LogP contribution in [0.4, 0.5) is 5.69 Å². The highest BCUT2D eigenvalue weighted by molar-refractivity contribution is 5.95. The van der Waals surface area contributed by atoms with Gasteiger partial charge in [-0.25, -0.2) is 0 Å². The van der Waals surface area contributed by atoms with Crippen molar-refractivity contribution < 1.29 is 14.6 Å². The smallest absolute Gasteiger partial charge is 0.241 e. The fraction of sp³-hybridized carbons (Fsp3) is 0.611. The second-order valence-corrected chi connectivity index (χ2v) is 6.40. The van der Waals surface area contributed by atoms with Crippen LogP contribution in [0.5, 0.6) is 0 Å². The van der Waals surface area contributed by atoms with E-state index in [9.17, 15) is 4.79 Å². The lowest BCUT2D eigenvalue weighted by Crippen LogP contribution is -2.47. The zero-order valence-electron chi connectivity index (χ0n) is 13.5. The van der Waals surface area contributed by atoms with Crippen molar-refractivity contribution in [2.45, 2.75) is 44.2 Å². The normalized spacial score (nSPS) is 23.1. The highest BCUT2D eigenvalue weighted by Gasteiger charge is 2.35. The van der Waals surface area contributed by atoms with Crippen molar-refractivity contribution in [2.24, 2.45) is 0 Å². The summed E-state index contributed by atoms with van der Waals surface area (Å²) in [5.74, 6) is 0.101. The van der Waals surface area contributed by atoms with E-state index in [0.717, 1.165) is 56.7 Å². The van der Waals surface area contributed by atoms with Crippen molar-refractivity contribution in [3.05, 3.63) is 29.8 Å². The molecule has 5 nitrogen and oxygen atoms in total. The third-order valence-corrected chi connectivity index (χ3v) is 4.88. The highest BCUT2D eigenvalue weighted by Crippen LogP contribution is 2.26. The van der Waals surface area contributed by atoms with E-state index in [0.29, 0.717) is 12.5 Å². The number of rotatable bonds is 5. The van der Waals surface area contributed by atoms with Crippen LogP contribution in [0.3, 0.4) is 0 Å². The van der Waals surface area contributed by atoms with E-state index in [2.05, 4.69) is 10.2 Å². The Morgan fingerprint density at radius 1 is 1.22 bits per heavy atom. The number of hydrogen-bond donors (Lipinski definition) is 2. The Balaban J connectivity index is 1.60. The maximum absolute atomic E-state index is 12.7. The lowest BCUT2D eigenvalue weighted by molar-refractivity contribution is -0.121. The van der Waals surface area contributed by atoms with Gasteiger partial charge in [-0.3, -0.25) is 9.69 Å². The van der Waals surface area contributed by atoms with Crippen LogP contribution in [-0.2, 0) is 16.0 Å². The summed E-state index contributed by atoms with van der Waals surface area (Å²) in [5.41, 5.74) is 1.91. The second kappa shape index (κ2) is 7.90. The third-order valence-electron chi connectivity index (χ3n) is 4.88. The summed E-state index contributed by atoms with van der Waals surface area (Å²) in [4.78, 5) is 15.0. The Morgan fingerprint density at radius 2 is 1.96 bits per heavy atom. The maximum atomic E-state index is 12.7. The van der Waals surface area contributed by atoms with E-state index in [-0.39, 0.29) is 18.6 Å². The number of carbonyl (C=O) groups excluding carboxylic acids is 1. The number of anilines is 1. The van der Waals surface area contributed by atoms with Gasteiger partial charge in [-0.05, 0) is 56.3 Å². The minimum Gasteiger partial charge on any atom is -0.396 e. The molecule has 2 fully saturated rings. The van der Waals surface area contributed by atoms with Gasteiger partial charge in [0.05, 0.1) is 6.04 Å². The number of benzene rings is 1. The standard InChI is InChI=1S/C18H26N2O3/c21-11-7-14-3-5-15(6-4-14)19-18(22)17-2-1-10-20(17)16-8-12-23-13-9-16/h3-6,16-17,21H,1-2,7-13H2,(H,19,22). The van der Waals surface area contributed by atoms with Crippen molar-refractivity contribution in [1.29, 1.82) is 0 Å². The zero-order valence-corrected chi connectivity index (χ0v) is 13.5. The Morgan fingerprint density at radius 3 is 2.65 bits per heavy atom. The Labute approximate surface area is 137 Å². The van der Waals surface area contributed by atoms with E-state index in [1.165, 1.54) is 0 Å². The summed E-state index contributed by atoms with van der Waals surface area (Å²) < 4.78 is 5.44. The molecule has 0 saturated carbocycles. The van der Waals surface area contributed by atoms with Gasteiger partial charge in [0.15, 0.2) is 0 Å². The number of hydrogen-bond acceptors (Lipinski definition) is 4. The van der Waals surface area contributed by atoms with Gasteiger partial charge in [0.2, 0.25) is 5.91 Å². The van der Waals surface area contributed by atoms with E-state index in [1.807, 2.05) is 24.3 Å². The van der Waals surface area contributed by atoms with E-state index < -0.39 is 0 Å². The number of ether oxygens (including phenoxy) is 1. The summed E-state index contributed by atoms with van der Waals surface area (Å²) >= 11 is 0. The Bertz CT molecular complexity index is 512. The summed E-state index contributed by atoms with van der Waals surface area (Å²) in [5, 5.41) is 12.0. The lowest BCUT2D eigenvalue weighted by Gasteiger charge is -2.34. The first-order valence-electron chi connectivity index (χ1n) is 8.62. The molecule has 1 unspecified atom stereocenters. The average Bonchev–Trinajstić information content (AvgIpc) is 3.07. The molecule has 0 aromatic heterocycles. The SMILES string of the molecule is O=C(Nc1ccc(CCO)cc1)C1CCCN1C1CCOCC1. The van der Waals surface area contributed by atoms with Crippen molar-refractivity contribution >= 4 is 11.6 Å². The molecule has 23 heavy (non-hydrogen) atoms. The first-order chi connectivity index (χ1) is 11.3. The quantitative estimate of drug-likeness (QED) is 0.869. The summed E-state index contributed by atoms with van der Waals surface area (Å²) in [6, 6.07) is 8.20. The number of amides is 1. The van der Waals surface area contributed by atoms with Crippen LogP contribution in [0.15, 0.2) is 24.3 Å². The summed E-state index contributed by atoms with van der Waals surface area (Å²) in [6.07, 6.45) is 4.73. The van der Waals surface area contributed by atoms with Crippen LogP contribution in [-0.4, -0.2) is 54.4 Å². The van der Waals surface area contributed by atoms with Gasteiger partial charge < -0.3 is 15.2 Å². The molecule has 2 saturated heterocycles. The molecule has 2 heterocycles. The van der Waals surface area contributed by atoms with Crippen LogP contribution < -0.4 is 5.32 Å². The average molecular weight is 318 g/mol. The maximum Gasteiger partial charge on any atom is 0.241 e. The molecule has 5 heteroatoms. The van der Waals surface area contributed by atoms with Gasteiger partial charge in [-0.1, -0.05) is 12.1 Å². The van der Waals surface area contributed by atoms with Gasteiger partial charge in [0.25, 0.3) is 0 Å². The number of carbonyl (C=O) groups is 1. The topological polar surface area (TPSA) is 61.8 Å². The minimum absolute atomic E-state index is 0.0183. The molecular formula is C18H26N2O3. The van der Waals surface area contributed by atoms with Gasteiger partial charge in [0.1, 0.15) is 0 Å². The molecule has 3 rings (SSSR count). The van der Waals surface area contributed by atoms with Gasteiger partial charge in [0, 0.05) is 31.5 Å². The van der Waals surface area contributed by atoms with Crippen molar-refractivity contribution in [2.75, 3.05) is 31.7 Å². The predicted octanol–water partition coefficient (Wildman–Crippen LogP) is 1.80. The summed E-state index contributed by atoms with van der Waals surface area (Å²) in [6.45, 7) is 2.77. The molecule has 0 spiro atoms. The molecule has 1 amide bonds. The first-order valence-corrected chi connectivity index (χ1v) is 8.62. The van der Waals surface area contributed by atoms with Gasteiger partial charge in [-0.15, -0.1) is 0 Å². The van der Waals surface area contributed by atoms with Gasteiger partial charge in [-0.2, -0.15) is 0 Å². The molecule has 0 radical (unpaired) electrons. The highest BCUT2D eigenvalue weighted by atomic mass is 16.5. The number of likely N-dealkylation sites (tertiary alicyclic amines) is 1. The van der Waals surface area contributed by atoms with Crippen LogP contribution in [0.25, 0.3) is 0 Å². The predicted molar refractivity (Wildman–Crippen MR) is 89.4 cm³/mol. The van der Waals surface area contributed by atoms with Crippen LogP contribution in [0.1, 0.15) is 31.2 Å². The Hall–Kier alpha value is -1.43. The molecule has 1 aromatic rings. The van der Waals surface area contributed by atoms with Crippen LogP contribution >= 0.6 is 0 Å². The summed E-state index contributed by atoms with van der Waals surface area (Å²) in [7, 11) is 0. The van der Waals surface area contributed by atoms with E-state index >= 15 is 0 Å². The molecule has 0 aliphatic carbocycles. The van der Waals surface area contributed by atoms with E-state index in [4.69, 9.17) is 9.84 Å². The van der Waals surface area contributed by atoms with Crippen molar-refractivity contribution in [3.8, 4) is 0 Å². The first kappa shape index (κ1) is 16.4. The fourth-order valence-corrected chi connectivity index (χ4v) is 3.63. The second-order valence-electron chi connectivity index (χ2n) is 6.40. The molecule has 1 aromatic carbocycles. The third kappa shape index (κ3) is 4.10. The lowest BCUT2D eigenvalue weighted by atomic mass is 10.1. The van der Waals surface area contributed by atoms with Crippen molar-refractivity contribution in [1.82, 2.24) is 4.90 Å². The molecular weight excluding hydrogens is 292 g/mol. The molecule has 2 aliphatic heterocycles. The molecule has 0 bridgehead atoms. The molecule has 2 N–H and O–H groups in total. The minimum atomic E-state index is -0.0183. The molecule has 126 valence electrons. The largest absolute Gasteiger partial charge is 0.396 e. The zero-order chi connectivity index (χ0) is 16.1. The fourth-order valence-electron chi connectivity index (χ4n) is 3.63. The van der Waals surface area contributed by atoms with E-state index in [1.54, 1.807) is 0 Å². The number of nitrogens with one attached hydrogen (secondary N) is 1. The monoisotopic (exact) mass is 318 g/mol. The molecule has 1 atom stereocenters. The Kier molecular flexibility index (Phi) is 5.65. The number of nitrogens with zero attached hydrogens (tertiary/aromatic N) is 1.